The molecule has 0 aliphatic carbocycles. The van der Waals surface area contributed by atoms with Gasteiger partial charge in [-0.25, -0.2) is 0 Å². The summed E-state index contributed by atoms with van der Waals surface area (Å²) in [6.45, 7) is 1.27. The number of carbonyl (C=O) groups excluding carboxylic acids is 1. The topological polar surface area (TPSA) is 52.6 Å². The lowest BCUT2D eigenvalue weighted by Crippen LogP contribution is -2.31. The van der Waals surface area contributed by atoms with Gasteiger partial charge in [0, 0.05) is 24.2 Å². The Hall–Kier alpha value is -1.83. The van der Waals surface area contributed by atoms with Crippen molar-refractivity contribution < 1.29 is 9.90 Å². The number of nitrogens with one attached hydrogen (secondary N) is 1. The lowest BCUT2D eigenvalue weighted by atomic mass is 10.1. The molecule has 0 saturated carbocycles. The van der Waals surface area contributed by atoms with Gasteiger partial charge in [-0.15, -0.1) is 0 Å². The van der Waals surface area contributed by atoms with Crippen molar-refractivity contribution in [3.05, 3.63) is 35.4 Å². The van der Waals surface area contributed by atoms with Crippen LogP contribution in [0.15, 0.2) is 24.3 Å². The largest absolute Gasteiger partial charge is 0.384 e. The van der Waals surface area contributed by atoms with Crippen LogP contribution in [0.3, 0.4) is 0 Å². The molecule has 1 rings (SSSR count). The van der Waals surface area contributed by atoms with Gasteiger partial charge in [-0.3, -0.25) is 4.79 Å². The van der Waals surface area contributed by atoms with E-state index in [0.717, 1.165) is 12.1 Å². The van der Waals surface area contributed by atoms with E-state index in [-0.39, 0.29) is 12.5 Å². The van der Waals surface area contributed by atoms with Crippen LogP contribution in [0.5, 0.6) is 0 Å². The number of amides is 1. The molecule has 0 bridgehead atoms. The first-order valence-electron chi connectivity index (χ1n) is 5.76. The number of nitrogens with zero attached hydrogens (tertiary/aromatic N) is 1. The summed E-state index contributed by atoms with van der Waals surface area (Å²) < 4.78 is 0. The van der Waals surface area contributed by atoms with E-state index >= 15 is 0 Å². The van der Waals surface area contributed by atoms with Crippen LogP contribution >= 0.6 is 0 Å². The van der Waals surface area contributed by atoms with E-state index in [1.807, 2.05) is 19.0 Å². The van der Waals surface area contributed by atoms with Gasteiger partial charge in [-0.1, -0.05) is 11.8 Å². The fourth-order valence-corrected chi connectivity index (χ4v) is 1.34. The Bertz CT molecular complexity index is 441. The molecule has 0 unspecified atom stereocenters. The highest BCUT2D eigenvalue weighted by Crippen LogP contribution is 2.03. The summed E-state index contributed by atoms with van der Waals surface area (Å²) in [5.41, 5.74) is 1.40. The lowest BCUT2D eigenvalue weighted by molar-refractivity contribution is 0.0951. The second-order valence-corrected chi connectivity index (χ2v) is 4.10. The van der Waals surface area contributed by atoms with Crippen molar-refractivity contribution in [3.63, 3.8) is 0 Å². The minimum atomic E-state index is -0.160. The van der Waals surface area contributed by atoms with Crippen LogP contribution < -0.4 is 5.32 Å². The highest BCUT2D eigenvalue weighted by Gasteiger charge is 2.03. The zero-order valence-electron chi connectivity index (χ0n) is 10.7. The van der Waals surface area contributed by atoms with Gasteiger partial charge in [0.15, 0.2) is 0 Å². The van der Waals surface area contributed by atoms with Crippen molar-refractivity contribution in [2.24, 2.45) is 0 Å². The zero-order valence-corrected chi connectivity index (χ0v) is 10.7. The number of hydrogen-bond acceptors (Lipinski definition) is 3. The van der Waals surface area contributed by atoms with Crippen molar-refractivity contribution in [3.8, 4) is 11.8 Å². The third-order valence-corrected chi connectivity index (χ3v) is 2.30. The van der Waals surface area contributed by atoms with Gasteiger partial charge in [0.2, 0.25) is 0 Å². The quantitative estimate of drug-likeness (QED) is 0.752. The van der Waals surface area contributed by atoms with E-state index in [0.29, 0.717) is 12.1 Å². The van der Waals surface area contributed by atoms with Crippen LogP contribution in [0.1, 0.15) is 15.9 Å². The predicted octanol–water partition coefficient (Wildman–Crippen LogP) is 0.322. The third kappa shape index (κ3) is 5.00. The molecular weight excluding hydrogens is 228 g/mol. The molecule has 1 aromatic rings. The van der Waals surface area contributed by atoms with E-state index in [1.54, 1.807) is 24.3 Å². The van der Waals surface area contributed by atoms with Gasteiger partial charge >= 0.3 is 0 Å². The Labute approximate surface area is 108 Å². The molecule has 18 heavy (non-hydrogen) atoms. The summed E-state index contributed by atoms with van der Waals surface area (Å²) in [7, 11) is 3.92. The van der Waals surface area contributed by atoms with Crippen LogP contribution in [-0.2, 0) is 0 Å². The maximum atomic E-state index is 11.7. The molecule has 0 spiro atoms. The SMILES string of the molecule is CN(C)CCNC(=O)c1ccc(C#CCO)cc1. The molecule has 1 amide bonds. The van der Waals surface area contributed by atoms with E-state index < -0.39 is 0 Å². The van der Waals surface area contributed by atoms with Gasteiger partial charge < -0.3 is 15.3 Å². The molecule has 1 aromatic carbocycles. The minimum absolute atomic E-state index is 0.0847. The number of hydrogen-bond donors (Lipinski definition) is 2. The van der Waals surface area contributed by atoms with Crippen LogP contribution in [0.4, 0.5) is 0 Å². The van der Waals surface area contributed by atoms with E-state index in [2.05, 4.69) is 17.2 Å². The molecule has 0 heterocycles. The van der Waals surface area contributed by atoms with Crippen molar-refractivity contribution >= 4 is 5.91 Å². The molecule has 4 nitrogen and oxygen atoms in total. The highest BCUT2D eigenvalue weighted by atomic mass is 16.2. The fraction of sp³-hybridized carbons (Fsp3) is 0.357. The zero-order chi connectivity index (χ0) is 13.4. The van der Waals surface area contributed by atoms with Crippen molar-refractivity contribution in [1.29, 1.82) is 0 Å². The Morgan fingerprint density at radius 2 is 2.00 bits per heavy atom. The van der Waals surface area contributed by atoms with Crippen LogP contribution in [0, 0.1) is 11.8 Å². The average Bonchev–Trinajstić information content (AvgIpc) is 2.36. The van der Waals surface area contributed by atoms with Gasteiger partial charge in [0.25, 0.3) is 5.91 Å². The van der Waals surface area contributed by atoms with Gasteiger partial charge in [0.05, 0.1) is 0 Å². The Morgan fingerprint density at radius 3 is 2.56 bits per heavy atom. The normalized spacial score (nSPS) is 9.78. The maximum absolute atomic E-state index is 11.7. The Balaban J connectivity index is 2.54. The lowest BCUT2D eigenvalue weighted by Gasteiger charge is -2.10. The van der Waals surface area contributed by atoms with Crippen molar-refractivity contribution in [2.45, 2.75) is 0 Å². The summed E-state index contributed by atoms with van der Waals surface area (Å²) in [4.78, 5) is 13.8. The van der Waals surface area contributed by atoms with Gasteiger partial charge in [0.1, 0.15) is 6.61 Å². The summed E-state index contributed by atoms with van der Waals surface area (Å²) in [6, 6.07) is 6.99. The molecule has 96 valence electrons. The minimum Gasteiger partial charge on any atom is -0.384 e. The fourth-order valence-electron chi connectivity index (χ4n) is 1.34. The molecule has 0 saturated heterocycles. The Kier molecular flexibility index (Phi) is 5.92. The third-order valence-electron chi connectivity index (χ3n) is 2.30. The molecular formula is C14H18N2O2. The summed E-state index contributed by atoms with van der Waals surface area (Å²) in [5.74, 6) is 5.25. The maximum Gasteiger partial charge on any atom is 0.251 e. The first-order valence-corrected chi connectivity index (χ1v) is 5.76. The second kappa shape index (κ2) is 7.49. The summed E-state index contributed by atoms with van der Waals surface area (Å²) in [5, 5.41) is 11.4. The van der Waals surface area contributed by atoms with E-state index in [1.165, 1.54) is 0 Å². The number of likely N-dealkylation sites (N-methyl/N-ethyl adjacent to an activating group) is 1. The number of aliphatic hydroxyl groups excluding tert-OH is 1. The molecule has 0 aromatic heterocycles. The molecule has 0 fully saturated rings. The monoisotopic (exact) mass is 246 g/mol. The molecule has 4 heteroatoms. The predicted molar refractivity (Wildman–Crippen MR) is 71.3 cm³/mol. The number of benzene rings is 1. The molecule has 0 atom stereocenters. The van der Waals surface area contributed by atoms with Gasteiger partial charge in [-0.2, -0.15) is 0 Å². The summed E-state index contributed by atoms with van der Waals surface area (Å²) >= 11 is 0. The standard InChI is InChI=1S/C14H18N2O2/c1-16(2)10-9-15-14(18)13-7-5-12(6-8-13)4-3-11-17/h5-8,17H,9-11H2,1-2H3,(H,15,18). The van der Waals surface area contributed by atoms with E-state index in [4.69, 9.17) is 5.11 Å². The van der Waals surface area contributed by atoms with Crippen LogP contribution in [0.25, 0.3) is 0 Å². The highest BCUT2D eigenvalue weighted by molar-refractivity contribution is 5.94. The first-order chi connectivity index (χ1) is 8.63. The number of carbonyl (C=O) groups is 1. The van der Waals surface area contributed by atoms with E-state index in [9.17, 15) is 4.79 Å². The van der Waals surface area contributed by atoms with Gasteiger partial charge in [-0.05, 0) is 38.4 Å². The second-order valence-electron chi connectivity index (χ2n) is 4.10. The first kappa shape index (κ1) is 14.2. The van der Waals surface area contributed by atoms with Crippen molar-refractivity contribution in [2.75, 3.05) is 33.8 Å². The van der Waals surface area contributed by atoms with Crippen LogP contribution in [0.2, 0.25) is 0 Å². The van der Waals surface area contributed by atoms with Crippen LogP contribution in [-0.4, -0.2) is 49.7 Å². The average molecular weight is 246 g/mol. The molecule has 0 aliphatic heterocycles. The summed E-state index contributed by atoms with van der Waals surface area (Å²) in [6.07, 6.45) is 0. The number of aliphatic hydroxyl groups is 1. The smallest absolute Gasteiger partial charge is 0.251 e. The Morgan fingerprint density at radius 1 is 1.33 bits per heavy atom. The van der Waals surface area contributed by atoms with Crippen molar-refractivity contribution in [1.82, 2.24) is 10.2 Å². The molecule has 2 N–H and O–H groups in total. The molecule has 0 radical (unpaired) electrons. The molecule has 0 aliphatic rings. The number of rotatable bonds is 4.